The van der Waals surface area contributed by atoms with Gasteiger partial charge in [-0.15, -0.1) is 24.0 Å². The van der Waals surface area contributed by atoms with Crippen LogP contribution in [0.2, 0.25) is 0 Å². The molecule has 0 amide bonds. The molecule has 2 heterocycles. The summed E-state index contributed by atoms with van der Waals surface area (Å²) >= 11 is 0. The van der Waals surface area contributed by atoms with E-state index in [2.05, 4.69) is 68.5 Å². The molecule has 33 heavy (non-hydrogen) atoms. The number of benzene rings is 1. The monoisotopic (exact) mass is 566 g/mol. The largest absolute Gasteiger partial charge is 0.374 e. The van der Waals surface area contributed by atoms with Gasteiger partial charge in [-0.1, -0.05) is 37.3 Å². The zero-order valence-electron chi connectivity index (χ0n) is 20.2. The number of guanidine groups is 1. The molecule has 2 aromatic rings. The van der Waals surface area contributed by atoms with Crippen LogP contribution >= 0.6 is 24.0 Å². The average Bonchev–Trinajstić information content (AvgIpc) is 2.86. The lowest BCUT2D eigenvalue weighted by Crippen LogP contribution is -2.46. The Bertz CT molecular complexity index is 827. The highest BCUT2D eigenvalue weighted by atomic mass is 127. The minimum Gasteiger partial charge on any atom is -0.374 e. The molecule has 0 bridgehead atoms. The van der Waals surface area contributed by atoms with Gasteiger partial charge in [0.1, 0.15) is 5.82 Å². The zero-order valence-corrected chi connectivity index (χ0v) is 22.5. The minimum atomic E-state index is 0. The first-order valence-electron chi connectivity index (χ1n) is 11.7. The molecule has 0 radical (unpaired) electrons. The molecule has 1 aromatic heterocycles. The van der Waals surface area contributed by atoms with Crippen LogP contribution in [-0.2, 0) is 11.3 Å². The second kappa shape index (κ2) is 15.1. The molecular weight excluding hydrogens is 527 g/mol. The number of aromatic nitrogens is 1. The van der Waals surface area contributed by atoms with Gasteiger partial charge in [-0.25, -0.2) is 4.98 Å². The van der Waals surface area contributed by atoms with E-state index in [-0.39, 0.29) is 30.1 Å². The van der Waals surface area contributed by atoms with Crippen molar-refractivity contribution >= 4 is 35.8 Å². The first-order valence-corrected chi connectivity index (χ1v) is 11.7. The summed E-state index contributed by atoms with van der Waals surface area (Å²) in [4.78, 5) is 13.8. The van der Waals surface area contributed by atoms with Crippen molar-refractivity contribution in [2.24, 2.45) is 4.99 Å². The van der Waals surface area contributed by atoms with Crippen molar-refractivity contribution in [3.63, 3.8) is 0 Å². The van der Waals surface area contributed by atoms with Gasteiger partial charge in [-0.05, 0) is 43.1 Å². The van der Waals surface area contributed by atoms with Crippen LogP contribution in [0, 0.1) is 0 Å². The first-order chi connectivity index (χ1) is 15.7. The molecule has 1 aliphatic rings. The van der Waals surface area contributed by atoms with Crippen molar-refractivity contribution in [1.29, 1.82) is 0 Å². The molecule has 1 fully saturated rings. The average molecular weight is 567 g/mol. The van der Waals surface area contributed by atoms with Crippen molar-refractivity contribution in [3.8, 4) is 0 Å². The number of nitrogens with zero attached hydrogens (tertiary/aromatic N) is 4. The van der Waals surface area contributed by atoms with Crippen LogP contribution in [0.1, 0.15) is 37.5 Å². The van der Waals surface area contributed by atoms with Crippen LogP contribution in [0.15, 0.2) is 53.7 Å². The Morgan fingerprint density at radius 2 is 1.88 bits per heavy atom. The minimum absolute atomic E-state index is 0. The summed E-state index contributed by atoms with van der Waals surface area (Å²) in [6.45, 7) is 11.9. The smallest absolute Gasteiger partial charge is 0.191 e. The third-order valence-electron chi connectivity index (χ3n) is 5.89. The van der Waals surface area contributed by atoms with E-state index >= 15 is 0 Å². The number of piperazine rings is 1. The van der Waals surface area contributed by atoms with Crippen LogP contribution < -0.4 is 15.5 Å². The number of aliphatic imine (C=N–C) groups is 1. The van der Waals surface area contributed by atoms with Gasteiger partial charge in [-0.2, -0.15) is 0 Å². The Kier molecular flexibility index (Phi) is 12.5. The molecule has 1 aromatic carbocycles. The summed E-state index contributed by atoms with van der Waals surface area (Å²) < 4.78 is 5.94. The molecule has 3 rings (SSSR count). The van der Waals surface area contributed by atoms with Gasteiger partial charge in [0, 0.05) is 59.1 Å². The topological polar surface area (TPSA) is 65.0 Å². The molecule has 7 nitrogen and oxygen atoms in total. The number of likely N-dealkylation sites (N-methyl/N-ethyl adjacent to an activating group) is 1. The third-order valence-corrected chi connectivity index (χ3v) is 5.89. The lowest BCUT2D eigenvalue weighted by molar-refractivity contribution is 0.0646. The highest BCUT2D eigenvalue weighted by molar-refractivity contribution is 14.0. The summed E-state index contributed by atoms with van der Waals surface area (Å²) in [5, 5.41) is 6.77. The molecule has 2 N–H and O–H groups in total. The maximum absolute atomic E-state index is 5.94. The van der Waals surface area contributed by atoms with Gasteiger partial charge < -0.3 is 25.2 Å². The van der Waals surface area contributed by atoms with Crippen LogP contribution in [0.4, 0.5) is 5.82 Å². The Morgan fingerprint density at radius 1 is 1.12 bits per heavy atom. The number of halogens is 1. The van der Waals surface area contributed by atoms with E-state index in [4.69, 9.17) is 4.74 Å². The maximum Gasteiger partial charge on any atom is 0.191 e. The fourth-order valence-corrected chi connectivity index (χ4v) is 3.80. The van der Waals surface area contributed by atoms with E-state index < -0.39 is 0 Å². The summed E-state index contributed by atoms with van der Waals surface area (Å²) in [7, 11) is 1.80. The standard InChI is InChI=1S/C25H38N6O.HI/c1-4-30-14-16-31(17-15-30)24-19-22(11-13-27-24)20-29-25(26-3)28-12-8-18-32-21(2)23-9-6-5-7-10-23;/h5-7,9-11,13,19,21H,4,8,12,14-18,20H2,1-3H3,(H2,26,28,29);1H. The van der Waals surface area contributed by atoms with Gasteiger partial charge >= 0.3 is 0 Å². The number of ether oxygens (including phenoxy) is 1. The van der Waals surface area contributed by atoms with Crippen molar-refractivity contribution in [2.45, 2.75) is 32.9 Å². The van der Waals surface area contributed by atoms with Crippen LogP contribution in [0.25, 0.3) is 0 Å². The van der Waals surface area contributed by atoms with Crippen LogP contribution in [-0.4, -0.2) is 68.8 Å². The fourth-order valence-electron chi connectivity index (χ4n) is 3.80. The van der Waals surface area contributed by atoms with E-state index in [1.54, 1.807) is 7.05 Å². The lowest BCUT2D eigenvalue weighted by atomic mass is 10.1. The van der Waals surface area contributed by atoms with E-state index in [1.165, 1.54) is 11.1 Å². The van der Waals surface area contributed by atoms with Gasteiger partial charge in [0.05, 0.1) is 6.10 Å². The molecule has 1 atom stereocenters. The van der Waals surface area contributed by atoms with E-state index in [1.807, 2.05) is 24.4 Å². The molecule has 182 valence electrons. The van der Waals surface area contributed by atoms with Gasteiger partial charge in [0.2, 0.25) is 0 Å². The number of rotatable bonds is 10. The third kappa shape index (κ3) is 9.10. The maximum atomic E-state index is 5.94. The second-order valence-corrected chi connectivity index (χ2v) is 8.07. The highest BCUT2D eigenvalue weighted by Gasteiger charge is 2.16. The molecule has 1 aliphatic heterocycles. The number of pyridine rings is 1. The summed E-state index contributed by atoms with van der Waals surface area (Å²) in [6, 6.07) is 14.6. The lowest BCUT2D eigenvalue weighted by Gasteiger charge is -2.34. The van der Waals surface area contributed by atoms with Crippen LogP contribution in [0.3, 0.4) is 0 Å². The Morgan fingerprint density at radius 3 is 2.58 bits per heavy atom. The van der Waals surface area contributed by atoms with Gasteiger partial charge in [0.15, 0.2) is 5.96 Å². The number of nitrogens with one attached hydrogen (secondary N) is 2. The highest BCUT2D eigenvalue weighted by Crippen LogP contribution is 2.16. The molecule has 1 saturated heterocycles. The van der Waals surface area contributed by atoms with Crippen molar-refractivity contribution in [3.05, 3.63) is 59.8 Å². The van der Waals surface area contributed by atoms with Gasteiger partial charge in [0.25, 0.3) is 0 Å². The first kappa shape index (κ1) is 27.3. The van der Waals surface area contributed by atoms with E-state index in [0.717, 1.165) is 57.5 Å². The summed E-state index contributed by atoms with van der Waals surface area (Å²) in [6.07, 6.45) is 2.93. The zero-order chi connectivity index (χ0) is 22.6. The normalized spacial score (nSPS) is 15.6. The molecule has 0 spiro atoms. The molecular formula is C25H39IN6O. The summed E-state index contributed by atoms with van der Waals surface area (Å²) in [5.74, 6) is 1.86. The predicted molar refractivity (Wildman–Crippen MR) is 148 cm³/mol. The van der Waals surface area contributed by atoms with E-state index in [0.29, 0.717) is 13.2 Å². The van der Waals surface area contributed by atoms with Crippen molar-refractivity contribution < 1.29 is 4.74 Å². The fraction of sp³-hybridized carbons (Fsp3) is 0.520. The second-order valence-electron chi connectivity index (χ2n) is 8.07. The SMILES string of the molecule is CCN1CCN(c2cc(CNC(=NC)NCCCOC(C)c3ccccc3)ccn2)CC1.I. The van der Waals surface area contributed by atoms with Crippen molar-refractivity contribution in [2.75, 3.05) is 57.8 Å². The Labute approximate surface area is 216 Å². The summed E-state index contributed by atoms with van der Waals surface area (Å²) in [5.41, 5.74) is 2.41. The number of anilines is 1. The van der Waals surface area contributed by atoms with Gasteiger partial charge in [-0.3, -0.25) is 4.99 Å². The Hall–Kier alpha value is -1.91. The number of hydrogen-bond donors (Lipinski definition) is 2. The molecule has 0 aliphatic carbocycles. The van der Waals surface area contributed by atoms with E-state index in [9.17, 15) is 0 Å². The van der Waals surface area contributed by atoms with Crippen molar-refractivity contribution in [1.82, 2.24) is 20.5 Å². The number of hydrogen-bond acceptors (Lipinski definition) is 5. The van der Waals surface area contributed by atoms with Crippen LogP contribution in [0.5, 0.6) is 0 Å². The predicted octanol–water partition coefficient (Wildman–Crippen LogP) is 3.67. The molecule has 0 saturated carbocycles. The Balaban J connectivity index is 0.00000385. The molecule has 8 heteroatoms. The quantitative estimate of drug-likeness (QED) is 0.198. The molecule has 1 unspecified atom stereocenters.